The monoisotopic (exact) mass is 278 g/mol. The molecular formula is C7H4F2N4O4S. The third-order valence-electron chi connectivity index (χ3n) is 1.87. The second-order valence-corrected chi connectivity index (χ2v) is 4.48. The molecule has 1 aromatic heterocycles. The summed E-state index contributed by atoms with van der Waals surface area (Å²) in [6.45, 7) is 0. The molecule has 0 aliphatic heterocycles. The molecule has 1 rings (SSSR count). The van der Waals surface area contributed by atoms with E-state index in [1.54, 1.807) is 0 Å². The van der Waals surface area contributed by atoms with Crippen molar-refractivity contribution in [2.75, 3.05) is 0 Å². The lowest BCUT2D eigenvalue weighted by atomic mass is 10.1. The number of nitro groups is 1. The van der Waals surface area contributed by atoms with Crippen molar-refractivity contribution in [3.05, 3.63) is 27.4 Å². The Balaban J connectivity index is 3.83. The maximum Gasteiger partial charge on any atom is 0.382 e. The minimum Gasteiger partial charge on any atom is -0.358 e. The van der Waals surface area contributed by atoms with E-state index in [9.17, 15) is 27.3 Å². The topological polar surface area (TPSA) is 140 Å². The summed E-state index contributed by atoms with van der Waals surface area (Å²) in [7, 11) is -4.57. The molecule has 1 aromatic rings. The Hall–Kier alpha value is -2.19. The highest BCUT2D eigenvalue weighted by atomic mass is 32.2. The van der Waals surface area contributed by atoms with Gasteiger partial charge in [0.25, 0.3) is 6.43 Å². The standard InChI is InChI=1S/C7H4F2N4O4S/c8-6(9)5-3(1-10)7(13(14)15)12-2-4(5)18(11,16)17/h2,6H,(H2,11,16,17). The van der Waals surface area contributed by atoms with E-state index in [1.807, 2.05) is 0 Å². The number of nitrogens with two attached hydrogens (primary N) is 1. The Morgan fingerprint density at radius 1 is 1.56 bits per heavy atom. The fourth-order valence-electron chi connectivity index (χ4n) is 1.19. The van der Waals surface area contributed by atoms with Crippen LogP contribution in [0.25, 0.3) is 0 Å². The highest BCUT2D eigenvalue weighted by Gasteiger charge is 2.32. The molecule has 0 bridgehead atoms. The maximum atomic E-state index is 12.7. The van der Waals surface area contributed by atoms with Crippen LogP contribution in [0.2, 0.25) is 0 Å². The molecule has 11 heteroatoms. The van der Waals surface area contributed by atoms with Crippen molar-refractivity contribution in [1.29, 1.82) is 5.26 Å². The number of nitrogens with zero attached hydrogens (tertiary/aromatic N) is 3. The van der Waals surface area contributed by atoms with E-state index < -0.39 is 43.2 Å². The van der Waals surface area contributed by atoms with Crippen molar-refractivity contribution >= 4 is 15.8 Å². The van der Waals surface area contributed by atoms with Crippen molar-refractivity contribution in [3.63, 3.8) is 0 Å². The SMILES string of the molecule is N#Cc1c([N+](=O)[O-])ncc(S(N)(=O)=O)c1C(F)F. The minimum atomic E-state index is -4.57. The smallest absolute Gasteiger partial charge is 0.358 e. The highest BCUT2D eigenvalue weighted by molar-refractivity contribution is 7.89. The Bertz CT molecular complexity index is 652. The van der Waals surface area contributed by atoms with E-state index >= 15 is 0 Å². The molecule has 0 spiro atoms. The van der Waals surface area contributed by atoms with Crippen LogP contribution in [0, 0.1) is 21.4 Å². The Morgan fingerprint density at radius 3 is 2.44 bits per heavy atom. The molecule has 0 aliphatic rings. The van der Waals surface area contributed by atoms with Gasteiger partial charge < -0.3 is 10.1 Å². The second-order valence-electron chi connectivity index (χ2n) is 2.95. The van der Waals surface area contributed by atoms with Crippen LogP contribution in [0.4, 0.5) is 14.6 Å². The number of alkyl halides is 2. The van der Waals surface area contributed by atoms with Gasteiger partial charge in [-0.05, 0) is 9.91 Å². The second kappa shape index (κ2) is 4.59. The quantitative estimate of drug-likeness (QED) is 0.628. The number of hydrogen-bond donors (Lipinski definition) is 1. The van der Waals surface area contributed by atoms with Crippen molar-refractivity contribution in [2.24, 2.45) is 5.14 Å². The summed E-state index contributed by atoms with van der Waals surface area (Å²) in [4.78, 5) is 11.2. The van der Waals surface area contributed by atoms with Crippen LogP contribution in [0.5, 0.6) is 0 Å². The summed E-state index contributed by atoms with van der Waals surface area (Å²) in [5, 5.41) is 23.8. The maximum absolute atomic E-state index is 12.7. The van der Waals surface area contributed by atoms with E-state index in [0.717, 1.165) is 6.07 Å². The molecule has 0 atom stereocenters. The van der Waals surface area contributed by atoms with Crippen LogP contribution in [0.1, 0.15) is 17.6 Å². The number of nitriles is 1. The third-order valence-corrected chi connectivity index (χ3v) is 2.81. The van der Waals surface area contributed by atoms with E-state index in [2.05, 4.69) is 10.1 Å². The van der Waals surface area contributed by atoms with Gasteiger partial charge in [0.2, 0.25) is 10.0 Å². The zero-order valence-electron chi connectivity index (χ0n) is 8.37. The lowest BCUT2D eigenvalue weighted by Gasteiger charge is -2.07. The number of aromatic nitrogens is 1. The molecule has 0 unspecified atom stereocenters. The summed E-state index contributed by atoms with van der Waals surface area (Å²) in [6.07, 6.45) is -3.09. The largest absolute Gasteiger partial charge is 0.382 e. The number of pyridine rings is 1. The molecule has 0 radical (unpaired) electrons. The van der Waals surface area contributed by atoms with Gasteiger partial charge in [-0.25, -0.2) is 22.3 Å². The molecule has 0 amide bonds. The normalized spacial score (nSPS) is 11.3. The number of hydrogen-bond acceptors (Lipinski definition) is 6. The van der Waals surface area contributed by atoms with Gasteiger partial charge in [-0.2, -0.15) is 5.26 Å². The van der Waals surface area contributed by atoms with Crippen molar-refractivity contribution in [3.8, 4) is 6.07 Å². The summed E-state index contributed by atoms with van der Waals surface area (Å²) in [5.41, 5.74) is -2.44. The fraction of sp³-hybridized carbons (Fsp3) is 0.143. The van der Waals surface area contributed by atoms with Gasteiger partial charge in [0.1, 0.15) is 11.0 Å². The van der Waals surface area contributed by atoms with Crippen LogP contribution >= 0.6 is 0 Å². The van der Waals surface area contributed by atoms with Crippen LogP contribution < -0.4 is 5.14 Å². The first-order valence-corrected chi connectivity index (χ1v) is 5.63. The van der Waals surface area contributed by atoms with Gasteiger partial charge in [-0.15, -0.1) is 0 Å². The molecule has 0 saturated carbocycles. The zero-order chi connectivity index (χ0) is 14.1. The number of primary sulfonamides is 1. The molecule has 96 valence electrons. The first-order chi connectivity index (χ1) is 8.20. The first kappa shape index (κ1) is 13.9. The lowest BCUT2D eigenvalue weighted by molar-refractivity contribution is -0.390. The summed E-state index contributed by atoms with van der Waals surface area (Å²) < 4.78 is 47.5. The summed E-state index contributed by atoms with van der Waals surface area (Å²) in [6, 6.07) is 1.14. The van der Waals surface area contributed by atoms with Gasteiger partial charge in [-0.3, -0.25) is 0 Å². The summed E-state index contributed by atoms with van der Waals surface area (Å²) >= 11 is 0. The van der Waals surface area contributed by atoms with E-state index in [1.165, 1.54) is 0 Å². The molecule has 0 saturated heterocycles. The first-order valence-electron chi connectivity index (χ1n) is 4.08. The van der Waals surface area contributed by atoms with E-state index in [0.29, 0.717) is 6.20 Å². The van der Waals surface area contributed by atoms with Crippen molar-refractivity contribution in [1.82, 2.24) is 4.98 Å². The summed E-state index contributed by atoms with van der Waals surface area (Å²) in [5.74, 6) is -1.15. The Morgan fingerprint density at radius 2 is 2.11 bits per heavy atom. The average Bonchev–Trinajstić information content (AvgIpc) is 2.25. The van der Waals surface area contributed by atoms with E-state index in [4.69, 9.17) is 5.26 Å². The van der Waals surface area contributed by atoms with Crippen LogP contribution in [0.15, 0.2) is 11.1 Å². The zero-order valence-corrected chi connectivity index (χ0v) is 9.19. The average molecular weight is 278 g/mol. The van der Waals surface area contributed by atoms with Gasteiger partial charge in [0, 0.05) is 0 Å². The fourth-order valence-corrected chi connectivity index (χ4v) is 1.89. The van der Waals surface area contributed by atoms with Crippen molar-refractivity contribution in [2.45, 2.75) is 11.3 Å². The molecule has 8 nitrogen and oxygen atoms in total. The third kappa shape index (κ3) is 2.39. The number of sulfonamides is 1. The molecule has 0 aliphatic carbocycles. The number of rotatable bonds is 3. The molecular weight excluding hydrogens is 274 g/mol. The van der Waals surface area contributed by atoms with Crippen LogP contribution in [0.3, 0.4) is 0 Å². The molecule has 0 aromatic carbocycles. The minimum absolute atomic E-state index is 0.329. The molecule has 18 heavy (non-hydrogen) atoms. The lowest BCUT2D eigenvalue weighted by Crippen LogP contribution is -2.17. The van der Waals surface area contributed by atoms with Gasteiger partial charge in [-0.1, -0.05) is 0 Å². The van der Waals surface area contributed by atoms with Gasteiger partial charge in [0.05, 0.1) is 5.56 Å². The molecule has 1 heterocycles. The predicted octanol–water partition coefficient (Wildman–Crippen LogP) is 0.446. The van der Waals surface area contributed by atoms with Crippen molar-refractivity contribution < 1.29 is 22.1 Å². The van der Waals surface area contributed by atoms with Crippen LogP contribution in [-0.4, -0.2) is 18.3 Å². The Kier molecular flexibility index (Phi) is 3.54. The molecule has 0 fully saturated rings. The van der Waals surface area contributed by atoms with Gasteiger partial charge in [0.15, 0.2) is 11.8 Å². The predicted molar refractivity (Wildman–Crippen MR) is 51.9 cm³/mol. The number of halogens is 2. The van der Waals surface area contributed by atoms with Gasteiger partial charge >= 0.3 is 5.82 Å². The Labute approximate surface area is 98.9 Å². The van der Waals surface area contributed by atoms with E-state index in [-0.39, 0.29) is 0 Å². The van der Waals surface area contributed by atoms with Crippen LogP contribution in [-0.2, 0) is 10.0 Å². The highest BCUT2D eigenvalue weighted by Crippen LogP contribution is 2.32. The molecule has 2 N–H and O–H groups in total.